The van der Waals surface area contributed by atoms with Crippen LogP contribution in [0.5, 0.6) is 0 Å². The van der Waals surface area contributed by atoms with E-state index < -0.39 is 29.8 Å². The lowest BCUT2D eigenvalue weighted by atomic mass is 10.3. The zero-order valence-electron chi connectivity index (χ0n) is 7.47. The molecule has 7 heteroatoms. The summed E-state index contributed by atoms with van der Waals surface area (Å²) in [6, 6.07) is 0. The van der Waals surface area contributed by atoms with Crippen LogP contribution in [0.15, 0.2) is 12.2 Å². The third-order valence-corrected chi connectivity index (χ3v) is 1.73. The molecule has 1 saturated heterocycles. The lowest BCUT2D eigenvalue weighted by molar-refractivity contribution is -0.163. The van der Waals surface area contributed by atoms with Crippen molar-refractivity contribution < 1.29 is 32.2 Å². The van der Waals surface area contributed by atoms with Gasteiger partial charge in [0.2, 0.25) is 6.10 Å². The molecular formula is C8H7F3O4. The first-order valence-corrected chi connectivity index (χ1v) is 3.96. The molecule has 1 unspecified atom stereocenters. The number of hydrogen-bond donors (Lipinski definition) is 0. The van der Waals surface area contributed by atoms with Crippen molar-refractivity contribution in [3.05, 3.63) is 12.2 Å². The topological polar surface area (TPSA) is 52.6 Å². The largest absolute Gasteiger partial charge is 0.463 e. The highest BCUT2D eigenvalue weighted by atomic mass is 19.4. The van der Waals surface area contributed by atoms with Gasteiger partial charge in [0.25, 0.3) is 0 Å². The maximum atomic E-state index is 12.0. The van der Waals surface area contributed by atoms with Crippen LogP contribution >= 0.6 is 0 Å². The number of rotatable bonds is 2. The fraction of sp³-hybridized carbons (Fsp3) is 0.500. The van der Waals surface area contributed by atoms with Gasteiger partial charge in [-0.2, -0.15) is 13.2 Å². The third kappa shape index (κ3) is 2.71. The van der Waals surface area contributed by atoms with E-state index in [9.17, 15) is 22.8 Å². The summed E-state index contributed by atoms with van der Waals surface area (Å²) in [5, 5.41) is 0. The summed E-state index contributed by atoms with van der Waals surface area (Å²) in [6.07, 6.45) is -6.04. The number of hydrogen-bond acceptors (Lipinski definition) is 4. The monoisotopic (exact) mass is 224 g/mol. The maximum Gasteiger partial charge on any atom is 0.422 e. The minimum absolute atomic E-state index is 0.0370. The van der Waals surface area contributed by atoms with E-state index in [1.165, 1.54) is 0 Å². The van der Waals surface area contributed by atoms with Gasteiger partial charge in [0.1, 0.15) is 5.57 Å². The SMILES string of the molecule is C=C(C(=O)OC1CCOC1=O)C(F)(F)F. The predicted octanol–water partition coefficient (Wildman–Crippen LogP) is 0.964. The summed E-state index contributed by atoms with van der Waals surface area (Å²) in [4.78, 5) is 21.6. The van der Waals surface area contributed by atoms with E-state index >= 15 is 0 Å². The van der Waals surface area contributed by atoms with Gasteiger partial charge in [-0.15, -0.1) is 0 Å². The van der Waals surface area contributed by atoms with E-state index in [4.69, 9.17) is 0 Å². The molecule has 1 fully saturated rings. The Kier molecular flexibility index (Phi) is 3.01. The summed E-state index contributed by atoms with van der Waals surface area (Å²) in [5.74, 6) is -2.48. The van der Waals surface area contributed by atoms with E-state index in [2.05, 4.69) is 16.1 Å². The molecule has 1 aliphatic rings. The van der Waals surface area contributed by atoms with Crippen molar-refractivity contribution in [3.8, 4) is 0 Å². The van der Waals surface area contributed by atoms with Crippen molar-refractivity contribution >= 4 is 11.9 Å². The Morgan fingerprint density at radius 2 is 2.13 bits per heavy atom. The number of cyclic esters (lactones) is 1. The van der Waals surface area contributed by atoms with Crippen LogP contribution in [-0.4, -0.2) is 30.8 Å². The molecule has 1 heterocycles. The molecule has 0 bridgehead atoms. The maximum absolute atomic E-state index is 12.0. The molecule has 0 aromatic heterocycles. The standard InChI is InChI=1S/C8H7F3O4/c1-4(8(9,10)11)6(12)15-5-2-3-14-7(5)13/h5H,1-3H2. The molecule has 0 saturated carbocycles. The van der Waals surface area contributed by atoms with E-state index in [0.717, 1.165) is 0 Å². The van der Waals surface area contributed by atoms with Crippen LogP contribution in [0, 0.1) is 0 Å². The van der Waals surface area contributed by atoms with Crippen molar-refractivity contribution in [3.63, 3.8) is 0 Å². The molecule has 0 amide bonds. The minimum atomic E-state index is -4.85. The molecule has 4 nitrogen and oxygen atoms in total. The average molecular weight is 224 g/mol. The van der Waals surface area contributed by atoms with Gasteiger partial charge in [0.15, 0.2) is 0 Å². The lowest BCUT2D eigenvalue weighted by Gasteiger charge is -2.11. The van der Waals surface area contributed by atoms with Crippen LogP contribution in [0.4, 0.5) is 13.2 Å². The Labute approximate surface area is 82.6 Å². The Morgan fingerprint density at radius 1 is 1.53 bits per heavy atom. The highest BCUT2D eigenvalue weighted by molar-refractivity contribution is 5.91. The highest BCUT2D eigenvalue weighted by Gasteiger charge is 2.40. The molecule has 0 N–H and O–H groups in total. The van der Waals surface area contributed by atoms with Gasteiger partial charge in [-0.25, -0.2) is 9.59 Å². The Morgan fingerprint density at radius 3 is 2.53 bits per heavy atom. The van der Waals surface area contributed by atoms with Crippen LogP contribution in [0.3, 0.4) is 0 Å². The van der Waals surface area contributed by atoms with Gasteiger partial charge in [-0.1, -0.05) is 6.58 Å². The number of esters is 2. The van der Waals surface area contributed by atoms with Gasteiger partial charge >= 0.3 is 18.1 Å². The van der Waals surface area contributed by atoms with Crippen LogP contribution in [-0.2, 0) is 19.1 Å². The van der Waals surface area contributed by atoms with E-state index in [-0.39, 0.29) is 13.0 Å². The second-order valence-electron chi connectivity index (χ2n) is 2.83. The summed E-state index contributed by atoms with van der Waals surface area (Å²) in [5.41, 5.74) is -1.64. The molecule has 0 spiro atoms. The van der Waals surface area contributed by atoms with Crippen molar-refractivity contribution in [2.45, 2.75) is 18.7 Å². The molecule has 84 valence electrons. The average Bonchev–Trinajstić information content (AvgIpc) is 2.49. The second kappa shape index (κ2) is 3.92. The molecule has 1 rings (SSSR count). The van der Waals surface area contributed by atoms with Gasteiger partial charge in [-0.3, -0.25) is 0 Å². The molecule has 0 aromatic carbocycles. The molecule has 0 aliphatic carbocycles. The quantitative estimate of drug-likeness (QED) is 0.518. The van der Waals surface area contributed by atoms with Crippen LogP contribution in [0.2, 0.25) is 0 Å². The van der Waals surface area contributed by atoms with E-state index in [0.29, 0.717) is 0 Å². The van der Waals surface area contributed by atoms with Crippen molar-refractivity contribution in [1.29, 1.82) is 0 Å². The smallest absolute Gasteiger partial charge is 0.422 e. The molecule has 0 radical (unpaired) electrons. The highest BCUT2D eigenvalue weighted by Crippen LogP contribution is 2.26. The second-order valence-corrected chi connectivity index (χ2v) is 2.83. The first-order valence-electron chi connectivity index (χ1n) is 3.96. The predicted molar refractivity (Wildman–Crippen MR) is 40.7 cm³/mol. The van der Waals surface area contributed by atoms with Gasteiger partial charge in [-0.05, 0) is 0 Å². The zero-order chi connectivity index (χ0) is 11.6. The zero-order valence-corrected chi connectivity index (χ0v) is 7.47. The number of carbonyl (C=O) groups is 2. The Hall–Kier alpha value is -1.53. The summed E-state index contributed by atoms with van der Waals surface area (Å²) in [7, 11) is 0. The molecule has 1 aliphatic heterocycles. The normalized spacial score (nSPS) is 21.0. The summed E-state index contributed by atoms with van der Waals surface area (Å²) < 4.78 is 44.5. The molecule has 1 atom stereocenters. The number of carbonyl (C=O) groups excluding carboxylic acids is 2. The number of ether oxygens (including phenoxy) is 2. The lowest BCUT2D eigenvalue weighted by Crippen LogP contribution is -2.28. The first-order chi connectivity index (χ1) is 6.82. The van der Waals surface area contributed by atoms with Gasteiger partial charge < -0.3 is 9.47 Å². The Bertz CT molecular complexity index is 307. The summed E-state index contributed by atoms with van der Waals surface area (Å²) in [6.45, 7) is 2.58. The van der Waals surface area contributed by atoms with Gasteiger partial charge in [0, 0.05) is 6.42 Å². The van der Waals surface area contributed by atoms with Crippen LogP contribution in [0.25, 0.3) is 0 Å². The van der Waals surface area contributed by atoms with E-state index in [1.54, 1.807) is 0 Å². The van der Waals surface area contributed by atoms with Crippen molar-refractivity contribution in [1.82, 2.24) is 0 Å². The summed E-state index contributed by atoms with van der Waals surface area (Å²) >= 11 is 0. The number of alkyl halides is 3. The van der Waals surface area contributed by atoms with E-state index in [1.807, 2.05) is 0 Å². The van der Waals surface area contributed by atoms with Gasteiger partial charge in [0.05, 0.1) is 6.61 Å². The first kappa shape index (κ1) is 11.5. The number of halogens is 3. The van der Waals surface area contributed by atoms with Crippen LogP contribution < -0.4 is 0 Å². The Balaban J connectivity index is 2.56. The molecule has 15 heavy (non-hydrogen) atoms. The third-order valence-electron chi connectivity index (χ3n) is 1.73. The fourth-order valence-corrected chi connectivity index (χ4v) is 0.900. The minimum Gasteiger partial charge on any atom is -0.463 e. The molecule has 0 aromatic rings. The van der Waals surface area contributed by atoms with Crippen molar-refractivity contribution in [2.24, 2.45) is 0 Å². The van der Waals surface area contributed by atoms with Crippen molar-refractivity contribution in [2.75, 3.05) is 6.61 Å². The molecular weight excluding hydrogens is 217 g/mol. The fourth-order valence-electron chi connectivity index (χ4n) is 0.900. The van der Waals surface area contributed by atoms with Crippen LogP contribution in [0.1, 0.15) is 6.42 Å².